The summed E-state index contributed by atoms with van der Waals surface area (Å²) in [6.45, 7) is 5.33. The normalized spacial score (nSPS) is 15.0. The molecule has 1 aliphatic heterocycles. The highest BCUT2D eigenvalue weighted by Crippen LogP contribution is 2.18. The molecule has 3 rings (SSSR count). The molecule has 0 spiro atoms. The van der Waals surface area contributed by atoms with Crippen molar-refractivity contribution in [2.24, 2.45) is 0 Å². The van der Waals surface area contributed by atoms with Gasteiger partial charge in [-0.2, -0.15) is 4.31 Å². The molecular formula is C22H28N4O4S. The Balaban J connectivity index is 1.54. The third kappa shape index (κ3) is 5.83. The highest BCUT2D eigenvalue weighted by Gasteiger charge is 2.30. The Bertz CT molecular complexity index is 1000. The van der Waals surface area contributed by atoms with Gasteiger partial charge in [-0.15, -0.1) is 0 Å². The van der Waals surface area contributed by atoms with Gasteiger partial charge in [-0.25, -0.2) is 13.2 Å². The number of piperazine rings is 1. The molecule has 2 N–H and O–H groups in total. The van der Waals surface area contributed by atoms with Crippen molar-refractivity contribution in [1.82, 2.24) is 19.8 Å². The topological polar surface area (TPSA) is 98.8 Å². The Morgan fingerprint density at radius 2 is 1.55 bits per heavy atom. The van der Waals surface area contributed by atoms with E-state index in [1.807, 2.05) is 13.8 Å². The Labute approximate surface area is 183 Å². The summed E-state index contributed by atoms with van der Waals surface area (Å²) in [5, 5.41) is 5.52. The van der Waals surface area contributed by atoms with Gasteiger partial charge in [0, 0.05) is 44.3 Å². The van der Waals surface area contributed by atoms with E-state index in [0.717, 1.165) is 5.56 Å². The quantitative estimate of drug-likeness (QED) is 0.712. The SMILES string of the molecule is CC(C)NC(=O)NCc1ccc(C(=O)N2CCN(S(=O)(=O)c3ccccc3)CC2)cc1. The molecule has 0 bridgehead atoms. The maximum Gasteiger partial charge on any atom is 0.315 e. The van der Waals surface area contributed by atoms with E-state index >= 15 is 0 Å². The molecule has 1 fully saturated rings. The number of urea groups is 1. The Morgan fingerprint density at radius 3 is 2.13 bits per heavy atom. The first kappa shape index (κ1) is 22.8. The van der Waals surface area contributed by atoms with Crippen LogP contribution in [0.3, 0.4) is 0 Å². The first-order valence-electron chi connectivity index (χ1n) is 10.2. The first-order valence-corrected chi connectivity index (χ1v) is 11.7. The van der Waals surface area contributed by atoms with Crippen molar-refractivity contribution >= 4 is 22.0 Å². The number of hydrogen-bond acceptors (Lipinski definition) is 4. The third-order valence-electron chi connectivity index (χ3n) is 4.98. The summed E-state index contributed by atoms with van der Waals surface area (Å²) in [6.07, 6.45) is 0. The number of nitrogens with one attached hydrogen (secondary N) is 2. The first-order chi connectivity index (χ1) is 14.8. The van der Waals surface area contributed by atoms with Gasteiger partial charge in [0.15, 0.2) is 0 Å². The molecule has 2 aromatic carbocycles. The summed E-state index contributed by atoms with van der Waals surface area (Å²) >= 11 is 0. The molecular weight excluding hydrogens is 416 g/mol. The van der Waals surface area contributed by atoms with Gasteiger partial charge in [-0.3, -0.25) is 4.79 Å². The summed E-state index contributed by atoms with van der Waals surface area (Å²) < 4.78 is 26.9. The molecule has 3 amide bonds. The predicted molar refractivity (Wildman–Crippen MR) is 118 cm³/mol. The van der Waals surface area contributed by atoms with E-state index in [9.17, 15) is 18.0 Å². The Hall–Kier alpha value is -2.91. The van der Waals surface area contributed by atoms with Crippen LogP contribution in [0.5, 0.6) is 0 Å². The Morgan fingerprint density at radius 1 is 0.935 bits per heavy atom. The molecule has 0 atom stereocenters. The fourth-order valence-corrected chi connectivity index (χ4v) is 4.76. The van der Waals surface area contributed by atoms with Crippen LogP contribution in [0.1, 0.15) is 29.8 Å². The molecule has 0 saturated carbocycles. The second-order valence-electron chi connectivity index (χ2n) is 7.69. The van der Waals surface area contributed by atoms with Crippen LogP contribution in [0.4, 0.5) is 4.79 Å². The van der Waals surface area contributed by atoms with Crippen LogP contribution in [-0.2, 0) is 16.6 Å². The number of hydrogen-bond donors (Lipinski definition) is 2. The molecule has 1 aliphatic rings. The lowest BCUT2D eigenvalue weighted by molar-refractivity contribution is 0.0698. The lowest BCUT2D eigenvalue weighted by atomic mass is 10.1. The largest absolute Gasteiger partial charge is 0.336 e. The molecule has 0 aromatic heterocycles. The minimum Gasteiger partial charge on any atom is -0.336 e. The van der Waals surface area contributed by atoms with E-state index in [1.54, 1.807) is 59.5 Å². The van der Waals surface area contributed by atoms with Crippen molar-refractivity contribution < 1.29 is 18.0 Å². The summed E-state index contributed by atoms with van der Waals surface area (Å²) in [5.41, 5.74) is 1.42. The van der Waals surface area contributed by atoms with Crippen LogP contribution in [0.15, 0.2) is 59.5 Å². The molecule has 2 aromatic rings. The molecule has 31 heavy (non-hydrogen) atoms. The predicted octanol–water partition coefficient (Wildman–Crippen LogP) is 2.04. The molecule has 0 aliphatic carbocycles. The molecule has 1 heterocycles. The van der Waals surface area contributed by atoms with Crippen molar-refractivity contribution in [3.8, 4) is 0 Å². The van der Waals surface area contributed by atoms with Crippen LogP contribution >= 0.6 is 0 Å². The van der Waals surface area contributed by atoms with Crippen LogP contribution in [0.2, 0.25) is 0 Å². The number of nitrogens with zero attached hydrogens (tertiary/aromatic N) is 2. The van der Waals surface area contributed by atoms with Crippen molar-refractivity contribution in [3.63, 3.8) is 0 Å². The van der Waals surface area contributed by atoms with E-state index in [0.29, 0.717) is 25.2 Å². The van der Waals surface area contributed by atoms with Crippen molar-refractivity contribution in [2.45, 2.75) is 31.3 Å². The van der Waals surface area contributed by atoms with Crippen molar-refractivity contribution in [1.29, 1.82) is 0 Å². The molecule has 9 heteroatoms. The highest BCUT2D eigenvalue weighted by molar-refractivity contribution is 7.89. The zero-order valence-electron chi connectivity index (χ0n) is 17.7. The molecule has 1 saturated heterocycles. The van der Waals surface area contributed by atoms with E-state index in [4.69, 9.17) is 0 Å². The Kier molecular flexibility index (Phi) is 7.29. The third-order valence-corrected chi connectivity index (χ3v) is 6.89. The highest BCUT2D eigenvalue weighted by atomic mass is 32.2. The zero-order valence-corrected chi connectivity index (χ0v) is 18.6. The maximum atomic E-state index is 12.8. The summed E-state index contributed by atoms with van der Waals surface area (Å²) in [4.78, 5) is 26.4. The zero-order chi connectivity index (χ0) is 22.4. The van der Waals surface area contributed by atoms with Gasteiger partial charge in [0.25, 0.3) is 5.91 Å². The fraction of sp³-hybridized carbons (Fsp3) is 0.364. The van der Waals surface area contributed by atoms with Gasteiger partial charge in [0.2, 0.25) is 10.0 Å². The van der Waals surface area contributed by atoms with Crippen LogP contribution in [-0.4, -0.2) is 61.8 Å². The monoisotopic (exact) mass is 444 g/mol. The number of carbonyl (C=O) groups excluding carboxylic acids is 2. The number of rotatable bonds is 6. The number of carbonyl (C=O) groups is 2. The maximum absolute atomic E-state index is 12.8. The van der Waals surface area contributed by atoms with Gasteiger partial charge < -0.3 is 15.5 Å². The number of sulfonamides is 1. The summed E-state index contributed by atoms with van der Waals surface area (Å²) in [6, 6.07) is 15.2. The number of benzene rings is 2. The van der Waals surface area contributed by atoms with Gasteiger partial charge in [-0.1, -0.05) is 30.3 Å². The smallest absolute Gasteiger partial charge is 0.315 e. The van der Waals surface area contributed by atoms with Crippen LogP contribution in [0.25, 0.3) is 0 Å². The second-order valence-corrected chi connectivity index (χ2v) is 9.63. The summed E-state index contributed by atoms with van der Waals surface area (Å²) in [7, 11) is -3.55. The number of amides is 3. The molecule has 0 radical (unpaired) electrons. The lowest BCUT2D eigenvalue weighted by Crippen LogP contribution is -2.50. The van der Waals surface area contributed by atoms with E-state index in [1.165, 1.54) is 4.31 Å². The average Bonchev–Trinajstić information content (AvgIpc) is 2.78. The van der Waals surface area contributed by atoms with Crippen LogP contribution in [0, 0.1) is 0 Å². The van der Waals surface area contributed by atoms with E-state index in [2.05, 4.69) is 10.6 Å². The average molecular weight is 445 g/mol. The van der Waals surface area contributed by atoms with Gasteiger partial charge in [0.05, 0.1) is 4.90 Å². The fourth-order valence-electron chi connectivity index (χ4n) is 3.32. The minimum atomic E-state index is -3.55. The molecule has 0 unspecified atom stereocenters. The van der Waals surface area contributed by atoms with Crippen molar-refractivity contribution in [3.05, 3.63) is 65.7 Å². The minimum absolute atomic E-state index is 0.0585. The lowest BCUT2D eigenvalue weighted by Gasteiger charge is -2.34. The van der Waals surface area contributed by atoms with Gasteiger partial charge in [0.1, 0.15) is 0 Å². The molecule has 166 valence electrons. The van der Waals surface area contributed by atoms with E-state index < -0.39 is 10.0 Å². The standard InChI is InChI=1S/C22H28N4O4S/c1-17(2)24-22(28)23-16-18-8-10-19(11-9-18)21(27)25-12-14-26(15-13-25)31(29,30)20-6-4-3-5-7-20/h3-11,17H,12-16H2,1-2H3,(H2,23,24,28). The van der Waals surface area contributed by atoms with Crippen molar-refractivity contribution in [2.75, 3.05) is 26.2 Å². The molecule has 8 nitrogen and oxygen atoms in total. The van der Waals surface area contributed by atoms with Gasteiger partial charge >= 0.3 is 6.03 Å². The van der Waals surface area contributed by atoms with Crippen LogP contribution < -0.4 is 10.6 Å². The summed E-state index contributed by atoms with van der Waals surface area (Å²) in [5.74, 6) is -0.131. The van der Waals surface area contributed by atoms with E-state index in [-0.39, 0.29) is 36.0 Å². The second kappa shape index (κ2) is 9.93. The van der Waals surface area contributed by atoms with Gasteiger partial charge in [-0.05, 0) is 43.7 Å².